The van der Waals surface area contributed by atoms with Crippen LogP contribution >= 0.6 is 0 Å². The van der Waals surface area contributed by atoms with Gasteiger partial charge in [0, 0.05) is 12.7 Å². The molecule has 10 heavy (non-hydrogen) atoms. The van der Waals surface area contributed by atoms with Gasteiger partial charge in [-0.05, 0) is 12.0 Å². The maximum atomic E-state index is 5.54. The van der Waals surface area contributed by atoms with Gasteiger partial charge in [0.15, 0.2) is 0 Å². The van der Waals surface area contributed by atoms with Crippen molar-refractivity contribution in [1.82, 2.24) is 5.01 Å². The second kappa shape index (κ2) is 4.12. The minimum atomic E-state index is 0.452. The molecule has 2 nitrogen and oxygen atoms in total. The average molecular weight is 140 g/mol. The zero-order valence-electron chi connectivity index (χ0n) is 6.96. The predicted molar refractivity (Wildman–Crippen MR) is 45.1 cm³/mol. The summed E-state index contributed by atoms with van der Waals surface area (Å²) in [5.74, 6) is 5.99. The average Bonchev–Trinajstić information content (AvgIpc) is 1.81. The van der Waals surface area contributed by atoms with Gasteiger partial charge in [-0.3, -0.25) is 0 Å². The summed E-state index contributed by atoms with van der Waals surface area (Å²) in [5, 5.41) is 1.62. The molecular weight excluding hydrogens is 124 g/mol. The predicted octanol–water partition coefficient (Wildman–Crippen LogP) is 1.52. The molecule has 0 aromatic carbocycles. The lowest BCUT2D eigenvalue weighted by Crippen LogP contribution is -2.27. The first-order valence-electron chi connectivity index (χ1n) is 3.40. The number of hydrogen-bond acceptors (Lipinski definition) is 2. The Morgan fingerprint density at radius 2 is 2.10 bits per heavy atom. The Hall–Kier alpha value is -0.760. The minimum Gasteiger partial charge on any atom is -0.318 e. The summed E-state index contributed by atoms with van der Waals surface area (Å²) in [7, 11) is 1.83. The number of allylic oxidation sites excluding steroid dienone is 3. The molecular formula is C8H16N2. The molecule has 0 amide bonds. The Kier molecular flexibility index (Phi) is 3.81. The number of hydrogen-bond donors (Lipinski definition) is 1. The molecule has 0 aliphatic heterocycles. The van der Waals surface area contributed by atoms with Crippen LogP contribution in [0.15, 0.2) is 24.4 Å². The van der Waals surface area contributed by atoms with Crippen LogP contribution in [0.1, 0.15) is 13.8 Å². The van der Waals surface area contributed by atoms with Crippen molar-refractivity contribution in [2.45, 2.75) is 13.8 Å². The Balaban J connectivity index is 4.26. The van der Waals surface area contributed by atoms with E-state index in [9.17, 15) is 0 Å². The van der Waals surface area contributed by atoms with Crippen molar-refractivity contribution in [3.8, 4) is 0 Å². The maximum absolute atomic E-state index is 5.54. The van der Waals surface area contributed by atoms with Crippen LogP contribution in [0.25, 0.3) is 0 Å². The highest BCUT2D eigenvalue weighted by molar-refractivity contribution is 5.09. The summed E-state index contributed by atoms with van der Waals surface area (Å²) in [6.45, 7) is 7.80. The van der Waals surface area contributed by atoms with E-state index in [-0.39, 0.29) is 0 Å². The van der Waals surface area contributed by atoms with E-state index in [2.05, 4.69) is 20.4 Å². The lowest BCUT2D eigenvalue weighted by molar-refractivity contribution is 0.391. The van der Waals surface area contributed by atoms with Crippen molar-refractivity contribution < 1.29 is 0 Å². The summed E-state index contributed by atoms with van der Waals surface area (Å²) >= 11 is 0. The SMILES string of the molecule is C=C/C=C(/C(C)C)N(C)N. The monoisotopic (exact) mass is 140 g/mol. The molecule has 0 spiro atoms. The third-order valence-electron chi connectivity index (χ3n) is 1.29. The summed E-state index contributed by atoms with van der Waals surface area (Å²) in [4.78, 5) is 0. The quantitative estimate of drug-likeness (QED) is 0.366. The first-order chi connectivity index (χ1) is 4.59. The molecule has 0 unspecified atom stereocenters. The molecule has 0 saturated carbocycles. The fourth-order valence-electron chi connectivity index (χ4n) is 0.838. The molecule has 0 fully saturated rings. The van der Waals surface area contributed by atoms with Crippen LogP contribution in [0.5, 0.6) is 0 Å². The molecule has 0 aromatic rings. The molecule has 2 heteroatoms. The van der Waals surface area contributed by atoms with E-state index in [4.69, 9.17) is 5.84 Å². The van der Waals surface area contributed by atoms with Crippen LogP contribution in [0.2, 0.25) is 0 Å². The second-order valence-corrected chi connectivity index (χ2v) is 2.59. The van der Waals surface area contributed by atoms with Crippen LogP contribution < -0.4 is 5.84 Å². The highest BCUT2D eigenvalue weighted by Gasteiger charge is 2.02. The minimum absolute atomic E-state index is 0.452. The molecule has 0 saturated heterocycles. The molecule has 0 aliphatic carbocycles. The van der Waals surface area contributed by atoms with Crippen molar-refractivity contribution in [2.24, 2.45) is 11.8 Å². The molecule has 0 bridgehead atoms. The zero-order valence-corrected chi connectivity index (χ0v) is 6.96. The fraction of sp³-hybridized carbons (Fsp3) is 0.500. The summed E-state index contributed by atoms with van der Waals surface area (Å²) in [6.07, 6.45) is 3.67. The summed E-state index contributed by atoms with van der Waals surface area (Å²) in [6, 6.07) is 0. The van der Waals surface area contributed by atoms with Gasteiger partial charge in [0.2, 0.25) is 0 Å². The van der Waals surface area contributed by atoms with Crippen LogP contribution in [0.4, 0.5) is 0 Å². The number of rotatable bonds is 3. The van der Waals surface area contributed by atoms with E-state index < -0.39 is 0 Å². The van der Waals surface area contributed by atoms with E-state index >= 15 is 0 Å². The Labute approximate surface area is 63.0 Å². The lowest BCUT2D eigenvalue weighted by Gasteiger charge is -2.19. The lowest BCUT2D eigenvalue weighted by atomic mass is 10.1. The topological polar surface area (TPSA) is 29.3 Å². The highest BCUT2D eigenvalue weighted by Crippen LogP contribution is 2.09. The van der Waals surface area contributed by atoms with Crippen LogP contribution in [-0.2, 0) is 0 Å². The fourth-order valence-corrected chi connectivity index (χ4v) is 0.838. The van der Waals surface area contributed by atoms with Gasteiger partial charge in [-0.2, -0.15) is 0 Å². The largest absolute Gasteiger partial charge is 0.318 e. The van der Waals surface area contributed by atoms with E-state index in [0.29, 0.717) is 5.92 Å². The molecule has 0 radical (unpaired) electrons. The van der Waals surface area contributed by atoms with Crippen LogP contribution in [-0.4, -0.2) is 12.1 Å². The molecule has 0 heterocycles. The molecule has 2 N–H and O–H groups in total. The van der Waals surface area contributed by atoms with Crippen molar-refractivity contribution in [2.75, 3.05) is 7.05 Å². The van der Waals surface area contributed by atoms with Gasteiger partial charge < -0.3 is 5.01 Å². The number of nitrogens with two attached hydrogens (primary N) is 1. The van der Waals surface area contributed by atoms with Crippen LogP contribution in [0.3, 0.4) is 0 Å². The molecule has 58 valence electrons. The third-order valence-corrected chi connectivity index (χ3v) is 1.29. The van der Waals surface area contributed by atoms with Crippen molar-refractivity contribution >= 4 is 0 Å². The van der Waals surface area contributed by atoms with Gasteiger partial charge in [0.05, 0.1) is 0 Å². The zero-order chi connectivity index (χ0) is 8.15. The number of hydrazine groups is 1. The first kappa shape index (κ1) is 9.24. The maximum Gasteiger partial charge on any atom is 0.0313 e. The second-order valence-electron chi connectivity index (χ2n) is 2.59. The molecule has 0 aliphatic rings. The third kappa shape index (κ3) is 2.69. The first-order valence-corrected chi connectivity index (χ1v) is 3.40. The van der Waals surface area contributed by atoms with E-state index in [1.807, 2.05) is 13.1 Å². The van der Waals surface area contributed by atoms with Gasteiger partial charge in [0.25, 0.3) is 0 Å². The van der Waals surface area contributed by atoms with E-state index in [1.54, 1.807) is 11.1 Å². The van der Waals surface area contributed by atoms with Crippen molar-refractivity contribution in [3.63, 3.8) is 0 Å². The van der Waals surface area contributed by atoms with Gasteiger partial charge in [-0.1, -0.05) is 26.5 Å². The normalized spacial score (nSPS) is 11.9. The van der Waals surface area contributed by atoms with E-state index in [0.717, 1.165) is 5.70 Å². The standard InChI is InChI=1S/C8H16N2/c1-5-6-8(7(2)3)10(4)9/h5-7H,1,9H2,2-4H3/b8-6-. The molecule has 0 aromatic heterocycles. The van der Waals surface area contributed by atoms with Gasteiger partial charge >= 0.3 is 0 Å². The summed E-state index contributed by atoms with van der Waals surface area (Å²) < 4.78 is 0. The van der Waals surface area contributed by atoms with Gasteiger partial charge in [-0.15, -0.1) is 0 Å². The van der Waals surface area contributed by atoms with E-state index in [1.165, 1.54) is 0 Å². The number of nitrogens with zero attached hydrogens (tertiary/aromatic N) is 1. The molecule has 0 rings (SSSR count). The Morgan fingerprint density at radius 1 is 1.60 bits per heavy atom. The van der Waals surface area contributed by atoms with Crippen molar-refractivity contribution in [1.29, 1.82) is 0 Å². The summed E-state index contributed by atoms with van der Waals surface area (Å²) in [5.41, 5.74) is 1.09. The van der Waals surface area contributed by atoms with Crippen LogP contribution in [0, 0.1) is 5.92 Å². The smallest absolute Gasteiger partial charge is 0.0313 e. The van der Waals surface area contributed by atoms with Gasteiger partial charge in [0.1, 0.15) is 0 Å². The molecule has 0 atom stereocenters. The Bertz CT molecular complexity index is 124. The van der Waals surface area contributed by atoms with Gasteiger partial charge in [-0.25, -0.2) is 5.84 Å². The highest BCUT2D eigenvalue weighted by atomic mass is 15.4. The van der Waals surface area contributed by atoms with Crippen molar-refractivity contribution in [3.05, 3.63) is 24.4 Å². The Morgan fingerprint density at radius 3 is 2.20 bits per heavy atom.